The predicted octanol–water partition coefficient (Wildman–Crippen LogP) is 1.38. The molecule has 3 heteroatoms. The van der Waals surface area contributed by atoms with Gasteiger partial charge in [-0.1, -0.05) is 22.6 Å². The Kier molecular flexibility index (Phi) is 2.24. The molecular weight excluding hydrogens is 221 g/mol. The number of halogens is 1. The van der Waals surface area contributed by atoms with Crippen LogP contribution in [0.5, 0.6) is 0 Å². The average Bonchev–Trinajstić information content (AvgIpc) is 1.91. The standard InChI is InChI=1S/C4H8INS/c1-6-3-7-2-4(6)5/h4H,2-3H2,1H3. The molecule has 1 aliphatic rings. The summed E-state index contributed by atoms with van der Waals surface area (Å²) in [5, 5.41) is 0. The maximum absolute atomic E-state index is 2.46. The van der Waals surface area contributed by atoms with Crippen LogP contribution in [0.15, 0.2) is 0 Å². The largest absolute Gasteiger partial charge is 0.285 e. The van der Waals surface area contributed by atoms with Crippen LogP contribution in [0.25, 0.3) is 0 Å². The van der Waals surface area contributed by atoms with Crippen molar-refractivity contribution in [2.45, 2.75) is 4.05 Å². The molecule has 0 bridgehead atoms. The first-order valence-corrected chi connectivity index (χ1v) is 4.63. The molecule has 0 aliphatic carbocycles. The van der Waals surface area contributed by atoms with Crippen molar-refractivity contribution in [2.24, 2.45) is 0 Å². The zero-order valence-electron chi connectivity index (χ0n) is 4.22. The van der Waals surface area contributed by atoms with Crippen LogP contribution in [0, 0.1) is 0 Å². The van der Waals surface area contributed by atoms with Crippen molar-refractivity contribution in [3.05, 3.63) is 0 Å². The van der Waals surface area contributed by atoms with Gasteiger partial charge in [0.05, 0.1) is 4.05 Å². The highest BCUT2D eigenvalue weighted by Crippen LogP contribution is 2.22. The minimum absolute atomic E-state index is 0.780. The van der Waals surface area contributed by atoms with Crippen LogP contribution in [0.4, 0.5) is 0 Å². The molecule has 1 heterocycles. The minimum atomic E-state index is 0.780. The molecule has 1 rings (SSSR count). The van der Waals surface area contributed by atoms with Crippen LogP contribution in [-0.2, 0) is 0 Å². The topological polar surface area (TPSA) is 3.24 Å². The monoisotopic (exact) mass is 229 g/mol. The summed E-state index contributed by atoms with van der Waals surface area (Å²) in [6.45, 7) is 0. The van der Waals surface area contributed by atoms with Crippen LogP contribution in [-0.4, -0.2) is 27.6 Å². The van der Waals surface area contributed by atoms with Gasteiger partial charge in [0.1, 0.15) is 0 Å². The Morgan fingerprint density at radius 3 is 2.71 bits per heavy atom. The van der Waals surface area contributed by atoms with Gasteiger partial charge >= 0.3 is 0 Å². The lowest BCUT2D eigenvalue weighted by Gasteiger charge is -2.08. The highest BCUT2D eigenvalue weighted by molar-refractivity contribution is 14.1. The van der Waals surface area contributed by atoms with Crippen LogP contribution < -0.4 is 0 Å². The second kappa shape index (κ2) is 2.55. The van der Waals surface area contributed by atoms with Crippen molar-refractivity contribution in [2.75, 3.05) is 18.7 Å². The van der Waals surface area contributed by atoms with E-state index in [0.29, 0.717) is 0 Å². The molecule has 1 atom stereocenters. The summed E-state index contributed by atoms with van der Waals surface area (Å²) in [7, 11) is 2.16. The number of hydrogen-bond donors (Lipinski definition) is 0. The molecule has 1 aliphatic heterocycles. The van der Waals surface area contributed by atoms with Crippen molar-refractivity contribution < 1.29 is 0 Å². The molecule has 0 N–H and O–H groups in total. The van der Waals surface area contributed by atoms with Crippen molar-refractivity contribution in [3.63, 3.8) is 0 Å². The molecule has 0 aromatic rings. The molecule has 0 amide bonds. The molecule has 0 radical (unpaired) electrons. The second-order valence-electron chi connectivity index (χ2n) is 1.69. The first kappa shape index (κ1) is 6.16. The van der Waals surface area contributed by atoms with E-state index >= 15 is 0 Å². The van der Waals surface area contributed by atoms with Gasteiger partial charge in [0.15, 0.2) is 0 Å². The summed E-state index contributed by atoms with van der Waals surface area (Å²) in [5.41, 5.74) is 0. The Bertz CT molecular complexity index is 60.7. The van der Waals surface area contributed by atoms with Gasteiger partial charge in [-0.15, -0.1) is 11.8 Å². The molecule has 1 unspecified atom stereocenters. The Hall–Kier alpha value is 1.04. The molecule has 0 aromatic heterocycles. The van der Waals surface area contributed by atoms with Gasteiger partial charge < -0.3 is 0 Å². The SMILES string of the molecule is CN1CSCC1I. The smallest absolute Gasteiger partial charge is 0.0714 e. The fourth-order valence-electron chi connectivity index (χ4n) is 0.502. The molecule has 42 valence electrons. The lowest BCUT2D eigenvalue weighted by atomic mass is 10.7. The number of hydrogen-bond acceptors (Lipinski definition) is 2. The van der Waals surface area contributed by atoms with E-state index in [0.717, 1.165) is 4.05 Å². The van der Waals surface area contributed by atoms with Gasteiger partial charge in [0.2, 0.25) is 0 Å². The molecule has 0 spiro atoms. The lowest BCUT2D eigenvalue weighted by Crippen LogP contribution is -2.19. The average molecular weight is 229 g/mol. The van der Waals surface area contributed by atoms with Crippen molar-refractivity contribution in [1.29, 1.82) is 0 Å². The molecule has 1 saturated heterocycles. The summed E-state index contributed by atoms with van der Waals surface area (Å²) >= 11 is 4.47. The van der Waals surface area contributed by atoms with Gasteiger partial charge in [-0.2, -0.15) is 0 Å². The van der Waals surface area contributed by atoms with Gasteiger partial charge in [0, 0.05) is 11.6 Å². The van der Waals surface area contributed by atoms with E-state index in [1.165, 1.54) is 11.6 Å². The number of nitrogens with zero attached hydrogens (tertiary/aromatic N) is 1. The zero-order valence-corrected chi connectivity index (χ0v) is 7.20. The van der Waals surface area contributed by atoms with E-state index in [-0.39, 0.29) is 0 Å². The molecule has 7 heavy (non-hydrogen) atoms. The normalized spacial score (nSPS) is 34.3. The van der Waals surface area contributed by atoms with Crippen LogP contribution >= 0.6 is 34.4 Å². The molecule has 0 aromatic carbocycles. The Balaban J connectivity index is 2.33. The van der Waals surface area contributed by atoms with E-state index in [1.807, 2.05) is 11.8 Å². The summed E-state index contributed by atoms with van der Waals surface area (Å²) in [6, 6.07) is 0. The predicted molar refractivity (Wildman–Crippen MR) is 42.9 cm³/mol. The minimum Gasteiger partial charge on any atom is -0.285 e. The van der Waals surface area contributed by atoms with E-state index in [4.69, 9.17) is 0 Å². The number of rotatable bonds is 0. The summed E-state index contributed by atoms with van der Waals surface area (Å²) in [6.07, 6.45) is 0. The molecule has 1 nitrogen and oxygen atoms in total. The highest BCUT2D eigenvalue weighted by atomic mass is 127. The van der Waals surface area contributed by atoms with Crippen LogP contribution in [0.1, 0.15) is 0 Å². The maximum atomic E-state index is 2.46. The van der Waals surface area contributed by atoms with E-state index in [9.17, 15) is 0 Å². The Morgan fingerprint density at radius 1 is 1.86 bits per heavy atom. The third-order valence-electron chi connectivity index (χ3n) is 1.03. The fourth-order valence-corrected chi connectivity index (χ4v) is 2.75. The second-order valence-corrected chi connectivity index (χ2v) is 4.13. The number of thioether (sulfide) groups is 1. The third-order valence-corrected chi connectivity index (χ3v) is 4.16. The first-order valence-electron chi connectivity index (χ1n) is 2.23. The van der Waals surface area contributed by atoms with E-state index in [2.05, 4.69) is 34.5 Å². The number of alkyl halides is 1. The summed E-state index contributed by atoms with van der Waals surface area (Å²) in [5.74, 6) is 2.52. The third kappa shape index (κ3) is 1.47. The fraction of sp³-hybridized carbons (Fsp3) is 1.00. The van der Waals surface area contributed by atoms with Crippen LogP contribution in [0.2, 0.25) is 0 Å². The van der Waals surface area contributed by atoms with Crippen molar-refractivity contribution in [3.8, 4) is 0 Å². The van der Waals surface area contributed by atoms with Crippen molar-refractivity contribution >= 4 is 34.4 Å². The molecular formula is C4H8INS. The molecule has 0 saturated carbocycles. The van der Waals surface area contributed by atoms with Gasteiger partial charge in [-0.25, -0.2) is 0 Å². The van der Waals surface area contributed by atoms with Crippen LogP contribution in [0.3, 0.4) is 0 Å². The Labute approximate surface area is 62.0 Å². The van der Waals surface area contributed by atoms with E-state index in [1.54, 1.807) is 0 Å². The summed E-state index contributed by atoms with van der Waals surface area (Å²) < 4.78 is 0.780. The summed E-state index contributed by atoms with van der Waals surface area (Å²) in [4.78, 5) is 2.35. The van der Waals surface area contributed by atoms with Gasteiger partial charge in [0.25, 0.3) is 0 Å². The molecule has 1 fully saturated rings. The Morgan fingerprint density at radius 2 is 2.57 bits per heavy atom. The maximum Gasteiger partial charge on any atom is 0.0714 e. The zero-order chi connectivity index (χ0) is 5.28. The quantitative estimate of drug-likeness (QED) is 0.351. The van der Waals surface area contributed by atoms with E-state index < -0.39 is 0 Å². The van der Waals surface area contributed by atoms with Gasteiger partial charge in [-0.3, -0.25) is 4.90 Å². The lowest BCUT2D eigenvalue weighted by molar-refractivity contribution is 0.423. The van der Waals surface area contributed by atoms with Gasteiger partial charge in [-0.05, 0) is 7.05 Å². The van der Waals surface area contributed by atoms with Crippen molar-refractivity contribution in [1.82, 2.24) is 4.90 Å². The first-order chi connectivity index (χ1) is 3.30. The highest BCUT2D eigenvalue weighted by Gasteiger charge is 2.16.